The molecule has 0 N–H and O–H groups in total. The second kappa shape index (κ2) is 8.69. The van der Waals surface area contributed by atoms with Crippen LogP contribution in [0.5, 0.6) is 0 Å². The maximum absolute atomic E-state index is 6.38. The lowest BCUT2D eigenvalue weighted by atomic mass is 9.97. The summed E-state index contributed by atoms with van der Waals surface area (Å²) in [6.45, 7) is 2.24. The quantitative estimate of drug-likeness (QED) is 0.387. The molecule has 0 saturated heterocycles. The van der Waals surface area contributed by atoms with E-state index in [9.17, 15) is 0 Å². The van der Waals surface area contributed by atoms with E-state index in [2.05, 4.69) is 49.4 Å². The molecular formula is C20H23Cl. The number of hydrogen-bond donors (Lipinski definition) is 0. The minimum Gasteiger partial charge on any atom is -0.0837 e. The van der Waals surface area contributed by atoms with E-state index in [-0.39, 0.29) is 0 Å². The Kier molecular flexibility index (Phi) is 6.56. The molecule has 0 spiro atoms. The molecule has 1 heteroatoms. The summed E-state index contributed by atoms with van der Waals surface area (Å²) in [5.41, 5.74) is 3.74. The second-order valence-electron chi connectivity index (χ2n) is 5.37. The lowest BCUT2D eigenvalue weighted by Crippen LogP contribution is -1.88. The minimum atomic E-state index is 0.843. The summed E-state index contributed by atoms with van der Waals surface area (Å²) in [5, 5.41) is 0.843. The molecule has 0 aromatic heterocycles. The molecule has 0 aliphatic rings. The first-order valence-electron chi connectivity index (χ1n) is 7.82. The molecule has 0 atom stereocenters. The van der Waals surface area contributed by atoms with Gasteiger partial charge in [-0.15, -0.1) is 0 Å². The van der Waals surface area contributed by atoms with Crippen LogP contribution in [0, 0.1) is 0 Å². The molecule has 2 rings (SSSR count). The van der Waals surface area contributed by atoms with Crippen LogP contribution in [-0.2, 0) is 0 Å². The van der Waals surface area contributed by atoms with Crippen molar-refractivity contribution in [3.63, 3.8) is 0 Å². The topological polar surface area (TPSA) is 0 Å². The lowest BCUT2D eigenvalue weighted by molar-refractivity contribution is 0.679. The first-order chi connectivity index (χ1) is 10.3. The largest absolute Gasteiger partial charge is 0.0837 e. The van der Waals surface area contributed by atoms with Gasteiger partial charge >= 0.3 is 0 Å². The highest BCUT2D eigenvalue weighted by atomic mass is 35.5. The van der Waals surface area contributed by atoms with Gasteiger partial charge in [-0.05, 0) is 35.6 Å². The van der Waals surface area contributed by atoms with Gasteiger partial charge < -0.3 is 0 Å². The van der Waals surface area contributed by atoms with Crippen LogP contribution in [0.2, 0.25) is 5.02 Å². The highest BCUT2D eigenvalue weighted by Gasteiger charge is 2.06. The fraction of sp³-hybridized carbons (Fsp3) is 0.300. The average Bonchev–Trinajstić information content (AvgIpc) is 2.52. The van der Waals surface area contributed by atoms with E-state index in [1.165, 1.54) is 42.4 Å². The van der Waals surface area contributed by atoms with Crippen LogP contribution in [0.1, 0.15) is 50.2 Å². The molecule has 0 heterocycles. The molecule has 2 aromatic rings. The van der Waals surface area contributed by atoms with Crippen molar-refractivity contribution in [2.75, 3.05) is 0 Å². The molecule has 2 aromatic carbocycles. The molecule has 0 bridgehead atoms. The molecule has 0 aliphatic heterocycles. The van der Waals surface area contributed by atoms with Crippen molar-refractivity contribution < 1.29 is 0 Å². The molecule has 0 unspecified atom stereocenters. The molecule has 0 nitrogen and oxygen atoms in total. The lowest BCUT2D eigenvalue weighted by Gasteiger charge is -2.10. The Bertz CT molecular complexity index is 569. The molecule has 21 heavy (non-hydrogen) atoms. The van der Waals surface area contributed by atoms with E-state index in [1.54, 1.807) is 0 Å². The zero-order chi connectivity index (χ0) is 14.9. The first kappa shape index (κ1) is 15.9. The van der Waals surface area contributed by atoms with Crippen LogP contribution in [0.25, 0.3) is 11.6 Å². The predicted molar refractivity (Wildman–Crippen MR) is 94.5 cm³/mol. The molecule has 0 radical (unpaired) electrons. The summed E-state index contributed by atoms with van der Waals surface area (Å²) < 4.78 is 0. The van der Waals surface area contributed by atoms with Crippen LogP contribution in [0.4, 0.5) is 0 Å². The van der Waals surface area contributed by atoms with Crippen molar-refractivity contribution in [1.29, 1.82) is 0 Å². The van der Waals surface area contributed by atoms with E-state index < -0.39 is 0 Å². The number of hydrogen-bond acceptors (Lipinski definition) is 0. The smallest absolute Gasteiger partial charge is 0.0481 e. The molecule has 0 amide bonds. The third-order valence-corrected chi connectivity index (χ3v) is 3.99. The molecule has 0 aliphatic carbocycles. The number of unbranched alkanes of at least 4 members (excludes halogenated alkanes) is 3. The number of halogens is 1. The molecule has 110 valence electrons. The Labute approximate surface area is 133 Å². The SMILES string of the molecule is CCCCCC/C(=C/c1ccccc1)c1ccccc1Cl. The second-order valence-corrected chi connectivity index (χ2v) is 5.78. The highest BCUT2D eigenvalue weighted by Crippen LogP contribution is 2.29. The third kappa shape index (κ3) is 5.06. The Morgan fingerprint density at radius 2 is 1.62 bits per heavy atom. The summed E-state index contributed by atoms with van der Waals surface area (Å²) in [4.78, 5) is 0. The summed E-state index contributed by atoms with van der Waals surface area (Å²) in [5.74, 6) is 0. The van der Waals surface area contributed by atoms with E-state index in [4.69, 9.17) is 11.6 Å². The number of rotatable bonds is 7. The Balaban J connectivity index is 2.22. The van der Waals surface area contributed by atoms with Crippen molar-refractivity contribution in [3.05, 3.63) is 70.7 Å². The third-order valence-electron chi connectivity index (χ3n) is 3.66. The van der Waals surface area contributed by atoms with E-state index in [0.29, 0.717) is 0 Å². The van der Waals surface area contributed by atoms with Crippen molar-refractivity contribution in [1.82, 2.24) is 0 Å². The molecular weight excluding hydrogens is 276 g/mol. The van der Waals surface area contributed by atoms with E-state index in [0.717, 1.165) is 11.4 Å². The molecule has 0 fully saturated rings. The predicted octanol–water partition coefficient (Wildman–Crippen LogP) is 6.85. The Hall–Kier alpha value is -1.53. The van der Waals surface area contributed by atoms with Gasteiger partial charge in [0.2, 0.25) is 0 Å². The van der Waals surface area contributed by atoms with Gasteiger partial charge in [-0.1, -0.05) is 92.4 Å². The van der Waals surface area contributed by atoms with Crippen molar-refractivity contribution in [2.24, 2.45) is 0 Å². The number of allylic oxidation sites excluding steroid dienone is 1. The fourth-order valence-corrected chi connectivity index (χ4v) is 2.76. The van der Waals surface area contributed by atoms with Crippen molar-refractivity contribution >= 4 is 23.3 Å². The summed E-state index contributed by atoms with van der Waals surface area (Å²) in [6.07, 6.45) is 8.43. The normalized spacial score (nSPS) is 11.6. The maximum Gasteiger partial charge on any atom is 0.0481 e. The Morgan fingerprint density at radius 3 is 2.33 bits per heavy atom. The van der Waals surface area contributed by atoms with Gasteiger partial charge in [0.25, 0.3) is 0 Å². The van der Waals surface area contributed by atoms with Gasteiger partial charge in [-0.2, -0.15) is 0 Å². The van der Waals surface area contributed by atoms with Gasteiger partial charge in [0.05, 0.1) is 0 Å². The standard InChI is InChI=1S/C20H23Cl/c1-2-3-4-8-13-18(16-17-11-6-5-7-12-17)19-14-9-10-15-20(19)21/h5-7,9-12,14-16H,2-4,8,13H2,1H3/b18-16-. The van der Waals surface area contributed by atoms with Crippen LogP contribution < -0.4 is 0 Å². The van der Waals surface area contributed by atoms with Gasteiger partial charge in [0, 0.05) is 5.02 Å². The van der Waals surface area contributed by atoms with E-state index >= 15 is 0 Å². The maximum atomic E-state index is 6.38. The van der Waals surface area contributed by atoms with Crippen LogP contribution in [0.15, 0.2) is 54.6 Å². The van der Waals surface area contributed by atoms with Crippen molar-refractivity contribution in [2.45, 2.75) is 39.0 Å². The summed E-state index contributed by atoms with van der Waals surface area (Å²) >= 11 is 6.38. The summed E-state index contributed by atoms with van der Waals surface area (Å²) in [7, 11) is 0. The van der Waals surface area contributed by atoms with Gasteiger partial charge in [0.15, 0.2) is 0 Å². The van der Waals surface area contributed by atoms with Gasteiger partial charge in [-0.25, -0.2) is 0 Å². The monoisotopic (exact) mass is 298 g/mol. The number of benzene rings is 2. The average molecular weight is 299 g/mol. The zero-order valence-corrected chi connectivity index (χ0v) is 13.4. The fourth-order valence-electron chi connectivity index (χ4n) is 2.50. The van der Waals surface area contributed by atoms with Gasteiger partial charge in [-0.3, -0.25) is 0 Å². The minimum absolute atomic E-state index is 0.843. The van der Waals surface area contributed by atoms with Crippen molar-refractivity contribution in [3.8, 4) is 0 Å². The first-order valence-corrected chi connectivity index (χ1v) is 8.19. The highest BCUT2D eigenvalue weighted by molar-refractivity contribution is 6.32. The summed E-state index contributed by atoms with van der Waals surface area (Å²) in [6, 6.07) is 18.6. The van der Waals surface area contributed by atoms with E-state index in [1.807, 2.05) is 18.2 Å². The zero-order valence-electron chi connectivity index (χ0n) is 12.7. The van der Waals surface area contributed by atoms with Gasteiger partial charge in [0.1, 0.15) is 0 Å². The molecule has 0 saturated carbocycles. The van der Waals surface area contributed by atoms with Crippen LogP contribution >= 0.6 is 11.6 Å². The Morgan fingerprint density at radius 1 is 0.905 bits per heavy atom. The van der Waals surface area contributed by atoms with Crippen LogP contribution in [0.3, 0.4) is 0 Å². The van der Waals surface area contributed by atoms with Crippen LogP contribution in [-0.4, -0.2) is 0 Å².